The van der Waals surface area contributed by atoms with Gasteiger partial charge < -0.3 is 0 Å². The lowest BCUT2D eigenvalue weighted by atomic mass is 9.84. The van der Waals surface area contributed by atoms with E-state index in [0.717, 1.165) is 16.6 Å². The Morgan fingerprint density at radius 2 is 1.81 bits per heavy atom. The minimum absolute atomic E-state index is 0.0454. The maximum atomic E-state index is 13.2. The Morgan fingerprint density at radius 3 is 2.44 bits per heavy atom. The lowest BCUT2D eigenvalue weighted by Gasteiger charge is -2.21. The third-order valence-corrected chi connectivity index (χ3v) is 2.71. The summed E-state index contributed by atoms with van der Waals surface area (Å²) in [6.45, 7) is 8.42. The van der Waals surface area contributed by atoms with Crippen LogP contribution in [0.1, 0.15) is 32.0 Å². The van der Waals surface area contributed by atoms with Gasteiger partial charge in [-0.2, -0.15) is 0 Å². The van der Waals surface area contributed by atoms with Crippen LogP contribution in [0.4, 0.5) is 4.39 Å². The van der Waals surface area contributed by atoms with Crippen molar-refractivity contribution >= 4 is 10.9 Å². The first-order valence-corrected chi connectivity index (χ1v) is 5.45. The van der Waals surface area contributed by atoms with Gasteiger partial charge in [0.25, 0.3) is 0 Å². The number of nitrogens with zero attached hydrogens (tertiary/aromatic N) is 1. The van der Waals surface area contributed by atoms with Gasteiger partial charge in [-0.25, -0.2) is 4.39 Å². The average Bonchev–Trinajstić information content (AvgIpc) is 2.14. The molecule has 0 saturated carbocycles. The zero-order valence-corrected chi connectivity index (χ0v) is 10.1. The van der Waals surface area contributed by atoms with E-state index in [9.17, 15) is 4.39 Å². The maximum absolute atomic E-state index is 13.2. The molecule has 0 amide bonds. The molecule has 0 spiro atoms. The van der Waals surface area contributed by atoms with E-state index in [1.165, 1.54) is 17.7 Å². The van der Waals surface area contributed by atoms with Gasteiger partial charge in [0.15, 0.2) is 0 Å². The number of aromatic nitrogens is 1. The van der Waals surface area contributed by atoms with Gasteiger partial charge in [-0.05, 0) is 36.1 Å². The zero-order chi connectivity index (χ0) is 11.9. The Hall–Kier alpha value is -1.44. The highest BCUT2D eigenvalue weighted by molar-refractivity contribution is 5.83. The normalized spacial score (nSPS) is 12.1. The highest BCUT2D eigenvalue weighted by Gasteiger charge is 2.17. The lowest BCUT2D eigenvalue weighted by Crippen LogP contribution is -2.12. The first kappa shape index (κ1) is 11.1. The summed E-state index contributed by atoms with van der Waals surface area (Å²) in [6, 6.07) is 6.89. The molecule has 1 nitrogen and oxygen atoms in total. The van der Waals surface area contributed by atoms with Crippen LogP contribution in [-0.4, -0.2) is 4.98 Å². The van der Waals surface area contributed by atoms with Gasteiger partial charge >= 0.3 is 0 Å². The van der Waals surface area contributed by atoms with Crippen LogP contribution in [0.5, 0.6) is 0 Å². The molecule has 1 heterocycles. The number of pyridine rings is 1. The number of hydrogen-bond acceptors (Lipinski definition) is 1. The van der Waals surface area contributed by atoms with Gasteiger partial charge in [0.2, 0.25) is 0 Å². The third-order valence-electron chi connectivity index (χ3n) is 2.71. The molecule has 2 heteroatoms. The smallest absolute Gasteiger partial charge is 0.125 e. The largest absolute Gasteiger partial charge is 0.253 e. The van der Waals surface area contributed by atoms with Gasteiger partial charge in [0.05, 0.1) is 5.52 Å². The molecular weight excluding hydrogens is 201 g/mol. The van der Waals surface area contributed by atoms with Crippen molar-refractivity contribution in [2.24, 2.45) is 0 Å². The molecule has 0 fully saturated rings. The summed E-state index contributed by atoms with van der Waals surface area (Å²) in [6.07, 6.45) is 0. The van der Waals surface area contributed by atoms with Gasteiger partial charge in [0, 0.05) is 17.1 Å². The van der Waals surface area contributed by atoms with E-state index in [2.05, 4.69) is 31.8 Å². The summed E-state index contributed by atoms with van der Waals surface area (Å²) in [5.41, 5.74) is 2.94. The van der Waals surface area contributed by atoms with Crippen molar-refractivity contribution in [3.8, 4) is 0 Å². The summed E-state index contributed by atoms with van der Waals surface area (Å²) < 4.78 is 13.2. The Morgan fingerprint density at radius 1 is 1.12 bits per heavy atom. The topological polar surface area (TPSA) is 12.9 Å². The van der Waals surface area contributed by atoms with E-state index in [-0.39, 0.29) is 11.2 Å². The number of rotatable bonds is 0. The van der Waals surface area contributed by atoms with Crippen molar-refractivity contribution in [1.82, 2.24) is 4.98 Å². The summed E-state index contributed by atoms with van der Waals surface area (Å²) in [7, 11) is 0. The van der Waals surface area contributed by atoms with Crippen LogP contribution in [0.3, 0.4) is 0 Å². The summed E-state index contributed by atoms with van der Waals surface area (Å²) in [5, 5.41) is 1.04. The predicted molar refractivity (Wildman–Crippen MR) is 65.1 cm³/mol. The van der Waals surface area contributed by atoms with Crippen molar-refractivity contribution in [2.75, 3.05) is 0 Å². The molecule has 84 valence electrons. The highest BCUT2D eigenvalue weighted by atomic mass is 19.1. The molecule has 1 aromatic heterocycles. The number of benzene rings is 1. The second-order valence-electron chi connectivity index (χ2n) is 5.22. The van der Waals surface area contributed by atoms with E-state index in [4.69, 9.17) is 0 Å². The Labute approximate surface area is 95.3 Å². The fourth-order valence-electron chi connectivity index (χ4n) is 1.95. The average molecular weight is 217 g/mol. The fraction of sp³-hybridized carbons (Fsp3) is 0.357. The van der Waals surface area contributed by atoms with Gasteiger partial charge in [-0.1, -0.05) is 20.8 Å². The molecule has 0 radical (unpaired) electrons. The van der Waals surface area contributed by atoms with Crippen LogP contribution >= 0.6 is 0 Å². The van der Waals surface area contributed by atoms with Crippen LogP contribution in [0, 0.1) is 12.7 Å². The minimum atomic E-state index is -0.231. The van der Waals surface area contributed by atoms with Crippen LogP contribution in [0.25, 0.3) is 10.9 Å². The summed E-state index contributed by atoms with van der Waals surface area (Å²) >= 11 is 0. The Bertz CT molecular complexity index is 533. The van der Waals surface area contributed by atoms with Crippen LogP contribution in [-0.2, 0) is 5.41 Å². The van der Waals surface area contributed by atoms with Gasteiger partial charge in [-0.15, -0.1) is 0 Å². The van der Waals surface area contributed by atoms with E-state index < -0.39 is 0 Å². The molecular formula is C14H16FN. The molecule has 0 bridgehead atoms. The third kappa shape index (κ3) is 1.92. The number of aryl methyl sites for hydroxylation is 1. The number of fused-ring (bicyclic) bond motifs is 1. The van der Waals surface area contributed by atoms with Crippen molar-refractivity contribution in [2.45, 2.75) is 33.1 Å². The first-order valence-electron chi connectivity index (χ1n) is 5.45. The second kappa shape index (κ2) is 3.55. The summed E-state index contributed by atoms with van der Waals surface area (Å²) in [5.74, 6) is -0.231. The lowest BCUT2D eigenvalue weighted by molar-refractivity contribution is 0.594. The molecule has 2 aromatic rings. The van der Waals surface area contributed by atoms with Crippen LogP contribution in [0.2, 0.25) is 0 Å². The molecule has 2 rings (SSSR count). The van der Waals surface area contributed by atoms with E-state index >= 15 is 0 Å². The van der Waals surface area contributed by atoms with E-state index in [1.54, 1.807) is 0 Å². The van der Waals surface area contributed by atoms with Crippen molar-refractivity contribution in [1.29, 1.82) is 0 Å². The molecule has 0 aliphatic rings. The molecule has 16 heavy (non-hydrogen) atoms. The van der Waals surface area contributed by atoms with E-state index in [1.807, 2.05) is 13.0 Å². The number of hydrogen-bond donors (Lipinski definition) is 0. The molecule has 0 aliphatic carbocycles. The van der Waals surface area contributed by atoms with Gasteiger partial charge in [-0.3, -0.25) is 4.98 Å². The van der Waals surface area contributed by atoms with Crippen molar-refractivity contribution in [3.05, 3.63) is 41.3 Å². The summed E-state index contributed by atoms with van der Waals surface area (Å²) in [4.78, 5) is 4.37. The molecule has 0 unspecified atom stereocenters. The molecule has 1 aromatic carbocycles. The van der Waals surface area contributed by atoms with Crippen molar-refractivity contribution in [3.63, 3.8) is 0 Å². The zero-order valence-electron chi connectivity index (χ0n) is 10.1. The maximum Gasteiger partial charge on any atom is 0.125 e. The SMILES string of the molecule is Cc1cc(C(C)(C)C)c2ccc(F)cc2n1. The predicted octanol–water partition coefficient (Wildman–Crippen LogP) is 3.98. The highest BCUT2D eigenvalue weighted by Crippen LogP contribution is 2.30. The van der Waals surface area contributed by atoms with Crippen molar-refractivity contribution < 1.29 is 4.39 Å². The number of halogens is 1. The second-order valence-corrected chi connectivity index (χ2v) is 5.22. The molecule has 0 saturated heterocycles. The van der Waals surface area contributed by atoms with Crippen LogP contribution in [0.15, 0.2) is 24.3 Å². The first-order chi connectivity index (χ1) is 7.38. The van der Waals surface area contributed by atoms with E-state index in [0.29, 0.717) is 0 Å². The quantitative estimate of drug-likeness (QED) is 0.650. The minimum Gasteiger partial charge on any atom is -0.253 e. The standard InChI is InChI=1S/C14H16FN/c1-9-7-12(14(2,3)4)11-6-5-10(15)8-13(11)16-9/h5-8H,1-4H3. The van der Waals surface area contributed by atoms with Crippen LogP contribution < -0.4 is 0 Å². The Kier molecular flexibility index (Phi) is 2.45. The molecule has 0 N–H and O–H groups in total. The fourth-order valence-corrected chi connectivity index (χ4v) is 1.95. The molecule has 0 aliphatic heterocycles. The molecule has 0 atom stereocenters. The van der Waals surface area contributed by atoms with Gasteiger partial charge in [0.1, 0.15) is 5.82 Å². The Balaban J connectivity index is 2.83. The monoisotopic (exact) mass is 217 g/mol.